The van der Waals surface area contributed by atoms with Crippen molar-refractivity contribution in [1.29, 1.82) is 0 Å². The monoisotopic (exact) mass is 434 g/mol. The summed E-state index contributed by atoms with van der Waals surface area (Å²) in [6, 6.07) is 11.0. The molecule has 7 nitrogen and oxygen atoms in total. The predicted octanol–water partition coefficient (Wildman–Crippen LogP) is 3.64. The highest BCUT2D eigenvalue weighted by Gasteiger charge is 2.29. The Kier molecular flexibility index (Phi) is 6.34. The smallest absolute Gasteiger partial charge is 0.442 e. The number of carbonyl (C=O) groups excluding carboxylic acids is 1. The first-order valence-corrected chi connectivity index (χ1v) is 10.1. The van der Waals surface area contributed by atoms with E-state index in [4.69, 9.17) is 20.9 Å². The van der Waals surface area contributed by atoms with Crippen molar-refractivity contribution in [3.8, 4) is 11.4 Å². The minimum absolute atomic E-state index is 0.274. The number of nitrogens with one attached hydrogen (secondary N) is 2. The van der Waals surface area contributed by atoms with Crippen LogP contribution in [0, 0.1) is 13.8 Å². The van der Waals surface area contributed by atoms with Gasteiger partial charge in [-0.15, -0.1) is 0 Å². The number of anilines is 1. The van der Waals surface area contributed by atoms with Crippen LogP contribution in [0.15, 0.2) is 50.7 Å². The molecule has 0 fully saturated rings. The molecule has 3 rings (SSSR count). The van der Waals surface area contributed by atoms with Gasteiger partial charge in [0.1, 0.15) is 5.75 Å². The van der Waals surface area contributed by atoms with E-state index >= 15 is 0 Å². The molecule has 1 heterocycles. The maximum atomic E-state index is 12.7. The third-order valence-electron chi connectivity index (χ3n) is 4.30. The van der Waals surface area contributed by atoms with Gasteiger partial charge >= 0.3 is 10.7 Å². The van der Waals surface area contributed by atoms with Crippen molar-refractivity contribution in [2.45, 2.75) is 31.0 Å². The predicted molar refractivity (Wildman–Crippen MR) is 112 cm³/mol. The van der Waals surface area contributed by atoms with E-state index in [1.807, 2.05) is 38.1 Å². The van der Waals surface area contributed by atoms with Crippen LogP contribution in [0.2, 0.25) is 5.02 Å². The van der Waals surface area contributed by atoms with Crippen molar-refractivity contribution in [3.05, 3.63) is 63.0 Å². The molecule has 1 aromatic heterocycles. The van der Waals surface area contributed by atoms with Gasteiger partial charge in [-0.1, -0.05) is 29.3 Å². The van der Waals surface area contributed by atoms with Gasteiger partial charge in [-0.3, -0.25) is 9.32 Å². The summed E-state index contributed by atoms with van der Waals surface area (Å²) in [6.45, 7) is 5.52. The van der Waals surface area contributed by atoms with Crippen molar-refractivity contribution in [1.82, 2.24) is 5.27 Å². The molecule has 0 aliphatic carbocycles. The molecular weight excluding hydrogens is 414 g/mol. The van der Waals surface area contributed by atoms with Gasteiger partial charge in [-0.05, 0) is 54.1 Å². The Balaban J connectivity index is 1.81. The number of aromatic nitrogens is 2. The highest BCUT2D eigenvalue weighted by Crippen LogP contribution is 2.31. The lowest BCUT2D eigenvalue weighted by Gasteiger charge is -2.14. The zero-order chi connectivity index (χ0) is 21.1. The average molecular weight is 435 g/mol. The molecule has 0 aliphatic heterocycles. The second-order valence-electron chi connectivity index (χ2n) is 6.51. The summed E-state index contributed by atoms with van der Waals surface area (Å²) in [4.78, 5) is 24.9. The maximum absolute atomic E-state index is 12.7. The van der Waals surface area contributed by atoms with E-state index in [1.165, 1.54) is 11.8 Å². The number of H-pyrrole nitrogens is 1. The number of halogens is 1. The first-order chi connectivity index (χ1) is 13.8. The molecule has 0 radical (unpaired) electrons. The number of thioether (sulfide) groups is 1. The Bertz CT molecular complexity index is 1090. The van der Waals surface area contributed by atoms with Gasteiger partial charge in [0.25, 0.3) is 0 Å². The average Bonchev–Trinajstić information content (AvgIpc) is 3.05. The number of aromatic amines is 1. The van der Waals surface area contributed by atoms with Crippen LogP contribution in [0.3, 0.4) is 0 Å². The van der Waals surface area contributed by atoms with Crippen molar-refractivity contribution in [2.24, 2.45) is 0 Å². The molecule has 2 aromatic carbocycles. The van der Waals surface area contributed by atoms with Gasteiger partial charge in [0.2, 0.25) is 11.6 Å². The molecule has 0 spiro atoms. The Morgan fingerprint density at radius 3 is 2.62 bits per heavy atom. The third kappa shape index (κ3) is 4.65. The Hall–Kier alpha value is -2.71. The topological polar surface area (TPSA) is 88.2 Å². The summed E-state index contributed by atoms with van der Waals surface area (Å²) < 4.78 is 11.8. The SMILES string of the molecule is COc1cc(Cl)c(C)cc1NC(=O)C(C)Sc1c(=O)o[nH][n+]1-c1ccc(C)cc1. The van der Waals surface area contributed by atoms with E-state index in [0.29, 0.717) is 16.5 Å². The number of ether oxygens (including phenoxy) is 1. The number of carbonyl (C=O) groups is 1. The lowest BCUT2D eigenvalue weighted by atomic mass is 10.2. The van der Waals surface area contributed by atoms with Crippen molar-refractivity contribution >= 4 is 35.0 Å². The maximum Gasteiger partial charge on any atom is 0.442 e. The summed E-state index contributed by atoms with van der Waals surface area (Å²) in [7, 11) is 1.50. The van der Waals surface area contributed by atoms with Crippen LogP contribution >= 0.6 is 23.4 Å². The van der Waals surface area contributed by atoms with Gasteiger partial charge in [-0.25, -0.2) is 4.79 Å². The molecule has 1 unspecified atom stereocenters. The summed E-state index contributed by atoms with van der Waals surface area (Å²) in [5.41, 5.74) is 2.60. The first-order valence-electron chi connectivity index (χ1n) is 8.82. The number of nitrogens with zero attached hydrogens (tertiary/aromatic N) is 1. The summed E-state index contributed by atoms with van der Waals surface area (Å²) in [6.07, 6.45) is 0. The van der Waals surface area contributed by atoms with Gasteiger partial charge < -0.3 is 10.1 Å². The Labute approximate surface area is 177 Å². The number of aryl methyl sites for hydroxylation is 2. The largest absolute Gasteiger partial charge is 0.495 e. The zero-order valence-electron chi connectivity index (χ0n) is 16.4. The van der Waals surface area contributed by atoms with Crippen molar-refractivity contribution in [2.75, 3.05) is 12.4 Å². The quantitative estimate of drug-likeness (QED) is 0.456. The van der Waals surface area contributed by atoms with Gasteiger partial charge in [0, 0.05) is 23.2 Å². The van der Waals surface area contributed by atoms with Crippen LogP contribution in [0.1, 0.15) is 18.1 Å². The van der Waals surface area contributed by atoms with Crippen molar-refractivity contribution < 1.29 is 18.7 Å². The van der Waals surface area contributed by atoms with Crippen LogP contribution in [-0.4, -0.2) is 23.5 Å². The van der Waals surface area contributed by atoms with Gasteiger partial charge in [0.05, 0.1) is 18.0 Å². The first kappa shape index (κ1) is 21.0. The van der Waals surface area contributed by atoms with E-state index in [-0.39, 0.29) is 10.9 Å². The number of rotatable bonds is 6. The lowest BCUT2D eigenvalue weighted by molar-refractivity contribution is -0.704. The van der Waals surface area contributed by atoms with E-state index in [2.05, 4.69) is 10.6 Å². The fourth-order valence-electron chi connectivity index (χ4n) is 2.61. The summed E-state index contributed by atoms with van der Waals surface area (Å²) in [5.74, 6) is 0.174. The number of methoxy groups -OCH3 is 1. The van der Waals surface area contributed by atoms with Crippen LogP contribution in [0.25, 0.3) is 5.69 Å². The van der Waals surface area contributed by atoms with Crippen LogP contribution < -0.4 is 20.4 Å². The molecule has 9 heteroatoms. The molecule has 0 saturated heterocycles. The van der Waals surface area contributed by atoms with Crippen LogP contribution in [-0.2, 0) is 4.79 Å². The zero-order valence-corrected chi connectivity index (χ0v) is 18.0. The van der Waals surface area contributed by atoms with Crippen LogP contribution in [0.5, 0.6) is 5.75 Å². The second kappa shape index (κ2) is 8.75. The number of benzene rings is 2. The molecule has 29 heavy (non-hydrogen) atoms. The standard InChI is InChI=1S/C20H20ClN3O4S/c1-11-5-7-14(8-6-11)24-19(20(26)28-23-24)29-13(3)18(25)22-16-9-12(2)15(21)10-17(16)27-4/h5-10,13H,1-4H3,(H-,22,23,25,26)/p+1. The minimum Gasteiger partial charge on any atom is -0.495 e. The fourth-order valence-corrected chi connectivity index (χ4v) is 3.65. The molecule has 0 aliphatic rings. The molecule has 1 amide bonds. The summed E-state index contributed by atoms with van der Waals surface area (Å²) >= 11 is 7.21. The van der Waals surface area contributed by atoms with Crippen LogP contribution in [0.4, 0.5) is 5.69 Å². The Morgan fingerprint density at radius 2 is 1.97 bits per heavy atom. The van der Waals surface area contributed by atoms with E-state index < -0.39 is 10.9 Å². The molecule has 2 N–H and O–H groups in total. The van der Waals surface area contributed by atoms with Gasteiger partial charge in [-0.2, -0.15) is 0 Å². The molecule has 0 bridgehead atoms. The number of amides is 1. The van der Waals surface area contributed by atoms with E-state index in [9.17, 15) is 9.59 Å². The fraction of sp³-hybridized carbons (Fsp3) is 0.250. The van der Waals surface area contributed by atoms with E-state index in [1.54, 1.807) is 19.1 Å². The number of hydrogen-bond acceptors (Lipinski definition) is 5. The van der Waals surface area contributed by atoms with E-state index in [0.717, 1.165) is 28.6 Å². The minimum atomic E-state index is -0.578. The second-order valence-corrected chi connectivity index (χ2v) is 8.24. The third-order valence-corrected chi connectivity index (χ3v) is 5.84. The summed E-state index contributed by atoms with van der Waals surface area (Å²) in [5, 5.41) is 5.65. The van der Waals surface area contributed by atoms with Gasteiger partial charge in [0.15, 0.2) is 0 Å². The molecule has 1 atom stereocenters. The Morgan fingerprint density at radius 1 is 1.28 bits per heavy atom. The molecule has 0 saturated carbocycles. The van der Waals surface area contributed by atoms with Crippen molar-refractivity contribution in [3.63, 3.8) is 0 Å². The lowest BCUT2D eigenvalue weighted by Crippen LogP contribution is -2.37. The molecule has 3 aromatic rings. The highest BCUT2D eigenvalue weighted by atomic mass is 35.5. The number of hydrogen-bond donors (Lipinski definition) is 2. The molecular formula is C20H21ClN3O4S+. The highest BCUT2D eigenvalue weighted by molar-refractivity contribution is 8.00. The molecule has 152 valence electrons. The normalized spacial score (nSPS) is 11.9.